The largest absolute Gasteiger partial charge is 0.573 e. The van der Waals surface area contributed by atoms with Gasteiger partial charge in [0.15, 0.2) is 5.13 Å². The number of amides is 1. The van der Waals surface area contributed by atoms with Gasteiger partial charge in [-0.1, -0.05) is 36.4 Å². The van der Waals surface area contributed by atoms with E-state index in [1.54, 1.807) is 5.38 Å². The molecule has 1 aromatic heterocycles. The molecule has 0 bridgehead atoms. The Morgan fingerprint density at radius 1 is 0.967 bits per heavy atom. The second-order valence-corrected chi connectivity index (χ2v) is 7.07. The van der Waals surface area contributed by atoms with E-state index in [1.165, 1.54) is 35.6 Å². The van der Waals surface area contributed by atoms with Crippen molar-refractivity contribution in [3.63, 3.8) is 0 Å². The summed E-state index contributed by atoms with van der Waals surface area (Å²) in [5.41, 5.74) is 1.42. The second kappa shape index (κ2) is 8.03. The minimum Gasteiger partial charge on any atom is -0.406 e. The maximum atomic E-state index is 12.6. The lowest BCUT2D eigenvalue weighted by molar-refractivity contribution is -0.274. The van der Waals surface area contributed by atoms with Crippen LogP contribution in [-0.2, 0) is 0 Å². The zero-order valence-corrected chi connectivity index (χ0v) is 16.1. The van der Waals surface area contributed by atoms with E-state index in [1.807, 2.05) is 42.5 Å². The zero-order chi connectivity index (χ0) is 21.1. The molecule has 3 aromatic carbocycles. The molecule has 0 spiro atoms. The van der Waals surface area contributed by atoms with Crippen molar-refractivity contribution < 1.29 is 22.7 Å². The number of carbonyl (C=O) groups excluding carboxylic acids is 1. The van der Waals surface area contributed by atoms with Crippen LogP contribution in [-0.4, -0.2) is 17.3 Å². The number of nitrogens with zero attached hydrogens (tertiary/aromatic N) is 1. The Hall–Kier alpha value is -3.59. The number of ether oxygens (including phenoxy) is 1. The highest BCUT2D eigenvalue weighted by atomic mass is 32.1. The number of thiazole rings is 1. The number of halogens is 3. The standard InChI is InChI=1S/C21H14F3N3O2S/c22-21(23,24)29-15-10-8-14(9-11-15)25-20-27-18(12-30-20)19(28)26-17-7-3-5-13-4-1-2-6-16(13)17/h1-12H,(H,25,27)(H,26,28). The first-order valence-corrected chi connectivity index (χ1v) is 9.63. The van der Waals surface area contributed by atoms with Gasteiger partial charge < -0.3 is 15.4 Å². The molecule has 2 N–H and O–H groups in total. The molecule has 9 heteroatoms. The molecule has 0 aliphatic rings. The topological polar surface area (TPSA) is 63.2 Å². The van der Waals surface area contributed by atoms with Crippen LogP contribution in [0.4, 0.5) is 29.7 Å². The number of nitrogens with one attached hydrogen (secondary N) is 2. The van der Waals surface area contributed by atoms with Gasteiger partial charge in [-0.3, -0.25) is 4.79 Å². The van der Waals surface area contributed by atoms with Gasteiger partial charge in [-0.05, 0) is 35.7 Å². The maximum Gasteiger partial charge on any atom is 0.573 e. The smallest absolute Gasteiger partial charge is 0.406 e. The highest BCUT2D eigenvalue weighted by Gasteiger charge is 2.30. The molecule has 0 fully saturated rings. The van der Waals surface area contributed by atoms with Gasteiger partial charge in [0.05, 0.1) is 0 Å². The van der Waals surface area contributed by atoms with Crippen LogP contribution >= 0.6 is 11.3 Å². The second-order valence-electron chi connectivity index (χ2n) is 6.22. The molecule has 0 saturated carbocycles. The van der Waals surface area contributed by atoms with E-state index < -0.39 is 6.36 Å². The Bertz CT molecular complexity index is 1180. The quantitative estimate of drug-likeness (QED) is 0.397. The van der Waals surface area contributed by atoms with Crippen LogP contribution < -0.4 is 15.4 Å². The average Bonchev–Trinajstić information content (AvgIpc) is 3.17. The van der Waals surface area contributed by atoms with Gasteiger partial charge in [-0.25, -0.2) is 4.98 Å². The molecular formula is C21H14F3N3O2S. The number of carbonyl (C=O) groups is 1. The minimum absolute atomic E-state index is 0.229. The molecule has 4 rings (SSSR count). The molecule has 4 aromatic rings. The lowest BCUT2D eigenvalue weighted by Gasteiger charge is -2.09. The van der Waals surface area contributed by atoms with Gasteiger partial charge in [0, 0.05) is 22.1 Å². The fourth-order valence-electron chi connectivity index (χ4n) is 2.82. The number of hydrogen-bond donors (Lipinski definition) is 2. The van der Waals surface area contributed by atoms with E-state index in [0.717, 1.165) is 10.8 Å². The fourth-order valence-corrected chi connectivity index (χ4v) is 3.53. The monoisotopic (exact) mass is 429 g/mol. The summed E-state index contributed by atoms with van der Waals surface area (Å²) in [7, 11) is 0. The Morgan fingerprint density at radius 3 is 2.47 bits per heavy atom. The number of fused-ring (bicyclic) bond motifs is 1. The molecule has 0 aliphatic heterocycles. The van der Waals surface area contributed by atoms with Gasteiger partial charge in [0.2, 0.25) is 0 Å². The maximum absolute atomic E-state index is 12.6. The van der Waals surface area contributed by atoms with E-state index >= 15 is 0 Å². The molecule has 152 valence electrons. The summed E-state index contributed by atoms with van der Waals surface area (Å²) in [6, 6.07) is 18.6. The Kier molecular flexibility index (Phi) is 5.28. The van der Waals surface area contributed by atoms with Crippen LogP contribution in [0.5, 0.6) is 5.75 Å². The minimum atomic E-state index is -4.74. The molecular weight excluding hydrogens is 415 g/mol. The molecule has 5 nitrogen and oxygen atoms in total. The molecule has 0 saturated heterocycles. The van der Waals surface area contributed by atoms with Crippen molar-refractivity contribution in [2.24, 2.45) is 0 Å². The van der Waals surface area contributed by atoms with E-state index in [9.17, 15) is 18.0 Å². The summed E-state index contributed by atoms with van der Waals surface area (Å²) in [6.45, 7) is 0. The number of benzene rings is 3. The third kappa shape index (κ3) is 4.69. The molecule has 0 aliphatic carbocycles. The van der Waals surface area contributed by atoms with Crippen LogP contribution in [0.1, 0.15) is 10.5 Å². The summed E-state index contributed by atoms with van der Waals surface area (Å²) in [4.78, 5) is 16.8. The SMILES string of the molecule is O=C(Nc1cccc2ccccc12)c1csc(Nc2ccc(OC(F)(F)F)cc2)n1. The average molecular weight is 429 g/mol. The normalized spacial score (nSPS) is 11.3. The first-order chi connectivity index (χ1) is 14.4. The molecule has 0 atom stereocenters. The predicted octanol–water partition coefficient (Wildman–Crippen LogP) is 6.19. The lowest BCUT2D eigenvalue weighted by atomic mass is 10.1. The summed E-state index contributed by atoms with van der Waals surface area (Å²) in [5.74, 6) is -0.674. The third-order valence-electron chi connectivity index (χ3n) is 4.11. The van der Waals surface area contributed by atoms with E-state index in [4.69, 9.17) is 0 Å². The van der Waals surface area contributed by atoms with Crippen LogP contribution in [0, 0.1) is 0 Å². The molecule has 1 heterocycles. The first-order valence-electron chi connectivity index (χ1n) is 8.75. The molecule has 0 radical (unpaired) electrons. The molecule has 30 heavy (non-hydrogen) atoms. The van der Waals surface area contributed by atoms with Crippen LogP contribution in [0.15, 0.2) is 72.1 Å². The van der Waals surface area contributed by atoms with Crippen molar-refractivity contribution in [2.45, 2.75) is 6.36 Å². The predicted molar refractivity (Wildman–Crippen MR) is 110 cm³/mol. The lowest BCUT2D eigenvalue weighted by Crippen LogP contribution is -2.16. The number of rotatable bonds is 5. The number of aromatic nitrogens is 1. The molecule has 1 amide bonds. The number of hydrogen-bond acceptors (Lipinski definition) is 5. The highest BCUT2D eigenvalue weighted by Crippen LogP contribution is 2.27. The summed E-state index contributed by atoms with van der Waals surface area (Å²) >= 11 is 1.21. The Balaban J connectivity index is 1.44. The van der Waals surface area contributed by atoms with Gasteiger partial charge in [-0.15, -0.1) is 24.5 Å². The Labute approximate surface area is 173 Å². The van der Waals surface area contributed by atoms with Crippen LogP contribution in [0.25, 0.3) is 10.8 Å². The fraction of sp³-hybridized carbons (Fsp3) is 0.0476. The van der Waals surface area contributed by atoms with Crippen molar-refractivity contribution in [2.75, 3.05) is 10.6 Å². The van der Waals surface area contributed by atoms with Gasteiger partial charge in [-0.2, -0.15) is 0 Å². The highest BCUT2D eigenvalue weighted by molar-refractivity contribution is 7.14. The Morgan fingerprint density at radius 2 is 1.70 bits per heavy atom. The summed E-state index contributed by atoms with van der Waals surface area (Å²) in [5, 5.41) is 9.78. The van der Waals surface area contributed by atoms with E-state index in [-0.39, 0.29) is 17.4 Å². The van der Waals surface area contributed by atoms with Crippen molar-refractivity contribution in [1.29, 1.82) is 0 Å². The first kappa shape index (κ1) is 19.7. The summed E-state index contributed by atoms with van der Waals surface area (Å²) in [6.07, 6.45) is -4.74. The van der Waals surface area contributed by atoms with Gasteiger partial charge in [0.25, 0.3) is 5.91 Å². The van der Waals surface area contributed by atoms with Gasteiger partial charge in [0.1, 0.15) is 11.4 Å². The summed E-state index contributed by atoms with van der Waals surface area (Å²) < 4.78 is 40.5. The van der Waals surface area contributed by atoms with E-state index in [2.05, 4.69) is 20.4 Å². The van der Waals surface area contributed by atoms with Crippen LogP contribution in [0.2, 0.25) is 0 Å². The zero-order valence-electron chi connectivity index (χ0n) is 15.2. The molecule has 0 unspecified atom stereocenters. The van der Waals surface area contributed by atoms with Crippen molar-refractivity contribution >= 4 is 44.5 Å². The van der Waals surface area contributed by atoms with Crippen molar-refractivity contribution in [3.8, 4) is 5.75 Å². The number of anilines is 3. The third-order valence-corrected chi connectivity index (χ3v) is 4.87. The number of alkyl halides is 3. The van der Waals surface area contributed by atoms with Crippen molar-refractivity contribution in [1.82, 2.24) is 4.98 Å². The van der Waals surface area contributed by atoms with Crippen LogP contribution in [0.3, 0.4) is 0 Å². The van der Waals surface area contributed by atoms with Gasteiger partial charge >= 0.3 is 6.36 Å². The van der Waals surface area contributed by atoms with E-state index in [0.29, 0.717) is 16.5 Å². The van der Waals surface area contributed by atoms with Crippen molar-refractivity contribution in [3.05, 3.63) is 77.8 Å².